The van der Waals surface area contributed by atoms with E-state index in [0.717, 1.165) is 24.8 Å². The summed E-state index contributed by atoms with van der Waals surface area (Å²) in [6, 6.07) is 14.8. The molecule has 0 radical (unpaired) electrons. The number of hydrogen-bond donors (Lipinski definition) is 0. The summed E-state index contributed by atoms with van der Waals surface area (Å²) in [5.41, 5.74) is 2.08. The highest BCUT2D eigenvalue weighted by molar-refractivity contribution is 7.92. The van der Waals surface area contributed by atoms with Crippen molar-refractivity contribution in [2.45, 2.75) is 36.5 Å². The Morgan fingerprint density at radius 1 is 1.00 bits per heavy atom. The molecule has 2 aromatic heterocycles. The maximum atomic E-state index is 13.4. The number of sulfonamides is 1. The van der Waals surface area contributed by atoms with Gasteiger partial charge in [0, 0.05) is 35.2 Å². The van der Waals surface area contributed by atoms with E-state index < -0.39 is 10.0 Å². The van der Waals surface area contributed by atoms with Crippen molar-refractivity contribution in [3.8, 4) is 23.1 Å². The Labute approximate surface area is 217 Å². The van der Waals surface area contributed by atoms with Crippen molar-refractivity contribution in [2.75, 3.05) is 10.8 Å². The molecule has 0 saturated heterocycles. The topological polar surface area (TPSA) is 98.4 Å². The Morgan fingerprint density at radius 3 is 2.58 bits per heavy atom. The van der Waals surface area contributed by atoms with E-state index in [1.165, 1.54) is 16.4 Å². The van der Waals surface area contributed by atoms with Crippen molar-refractivity contribution >= 4 is 38.9 Å². The predicted molar refractivity (Wildman–Crippen MR) is 135 cm³/mol. The van der Waals surface area contributed by atoms with E-state index in [-0.39, 0.29) is 15.9 Å². The van der Waals surface area contributed by atoms with Gasteiger partial charge in [-0.1, -0.05) is 34.4 Å². The molecule has 2 aromatic carbocycles. The van der Waals surface area contributed by atoms with Crippen LogP contribution < -0.4 is 9.04 Å². The van der Waals surface area contributed by atoms with E-state index in [0.29, 0.717) is 52.6 Å². The lowest BCUT2D eigenvalue weighted by Crippen LogP contribution is -2.35. The van der Waals surface area contributed by atoms with E-state index in [4.69, 9.17) is 32.5 Å². The molecule has 3 heterocycles. The number of aromatic nitrogens is 3. The average molecular weight is 543 g/mol. The first-order valence-electron chi connectivity index (χ1n) is 11.5. The van der Waals surface area contributed by atoms with Crippen LogP contribution >= 0.6 is 23.2 Å². The summed E-state index contributed by atoms with van der Waals surface area (Å²) in [4.78, 5) is 8.89. The molecule has 0 N–H and O–H groups in total. The fraction of sp³-hybridized carbons (Fsp3) is 0.240. The fourth-order valence-electron chi connectivity index (χ4n) is 4.20. The van der Waals surface area contributed by atoms with Crippen molar-refractivity contribution in [3.63, 3.8) is 0 Å². The zero-order chi connectivity index (χ0) is 24.9. The monoisotopic (exact) mass is 542 g/mol. The maximum absolute atomic E-state index is 13.4. The maximum Gasteiger partial charge on any atom is 0.264 e. The number of aryl methyl sites for hydroxylation is 1. The molecule has 36 heavy (non-hydrogen) atoms. The molecule has 1 aliphatic carbocycles. The Morgan fingerprint density at radius 2 is 1.81 bits per heavy atom. The number of rotatable bonds is 6. The second-order valence-electron chi connectivity index (χ2n) is 8.78. The summed E-state index contributed by atoms with van der Waals surface area (Å²) in [5, 5.41) is 4.73. The third-order valence-corrected chi connectivity index (χ3v) is 8.43. The van der Waals surface area contributed by atoms with Gasteiger partial charge in [0.05, 0.1) is 10.6 Å². The van der Waals surface area contributed by atoms with Gasteiger partial charge in [-0.3, -0.25) is 4.31 Å². The number of anilines is 1. The summed E-state index contributed by atoms with van der Waals surface area (Å²) in [6.07, 6.45) is 3.61. The van der Waals surface area contributed by atoms with Gasteiger partial charge in [0.25, 0.3) is 15.9 Å². The number of ether oxygens (including phenoxy) is 1. The summed E-state index contributed by atoms with van der Waals surface area (Å²) >= 11 is 12.2. The number of nitrogens with zero attached hydrogens (tertiary/aromatic N) is 4. The molecule has 11 heteroatoms. The molecule has 0 spiro atoms. The van der Waals surface area contributed by atoms with Crippen LogP contribution in [0.25, 0.3) is 11.5 Å². The van der Waals surface area contributed by atoms with E-state index >= 15 is 0 Å². The Balaban J connectivity index is 1.31. The molecule has 2 aliphatic rings. The van der Waals surface area contributed by atoms with Crippen LogP contribution in [0.15, 0.2) is 64.0 Å². The van der Waals surface area contributed by atoms with Crippen molar-refractivity contribution in [3.05, 3.63) is 76.2 Å². The van der Waals surface area contributed by atoms with E-state index in [9.17, 15) is 8.42 Å². The van der Waals surface area contributed by atoms with Crippen molar-refractivity contribution in [1.82, 2.24) is 15.1 Å². The van der Waals surface area contributed by atoms with Gasteiger partial charge in [-0.15, -0.1) is 0 Å². The largest absolute Gasteiger partial charge is 0.439 e. The molecular weight excluding hydrogens is 523 g/mol. The van der Waals surface area contributed by atoms with Crippen LogP contribution in [0.4, 0.5) is 5.69 Å². The summed E-state index contributed by atoms with van der Waals surface area (Å²) in [7, 11) is -3.78. The summed E-state index contributed by atoms with van der Waals surface area (Å²) < 4.78 is 39.7. The SMILES string of the molecule is O=S(=O)(c1ccc(Cl)cc1)N1CCCc2ccc(Oc3cc(-c4nc(C5CC5)no4)cc(Cl)n3)cc21. The van der Waals surface area contributed by atoms with Crippen LogP contribution in [0.5, 0.6) is 11.6 Å². The van der Waals surface area contributed by atoms with Gasteiger partial charge in [-0.2, -0.15) is 4.98 Å². The first-order valence-corrected chi connectivity index (χ1v) is 13.7. The van der Waals surface area contributed by atoms with Gasteiger partial charge in [0.2, 0.25) is 5.88 Å². The molecule has 0 unspecified atom stereocenters. The van der Waals surface area contributed by atoms with Crippen LogP contribution in [0.2, 0.25) is 10.2 Å². The Kier molecular flexibility index (Phi) is 5.86. The first kappa shape index (κ1) is 23.3. The molecule has 0 bridgehead atoms. The molecule has 0 atom stereocenters. The smallest absolute Gasteiger partial charge is 0.264 e. The fourth-order valence-corrected chi connectivity index (χ4v) is 6.06. The van der Waals surface area contributed by atoms with E-state index in [2.05, 4.69) is 15.1 Å². The van der Waals surface area contributed by atoms with Crippen molar-refractivity contribution < 1.29 is 17.7 Å². The second-order valence-corrected chi connectivity index (χ2v) is 11.5. The summed E-state index contributed by atoms with van der Waals surface area (Å²) in [6.45, 7) is 0.363. The third kappa shape index (κ3) is 4.54. The standard InChI is InChI=1S/C25H20Cl2N4O4S/c26-18-6-9-20(10-7-18)36(32,33)31-11-1-2-15-5-8-19(14-21(15)31)34-23-13-17(12-22(27)28-23)25-29-24(30-35-25)16-3-4-16/h5-10,12-14,16H,1-4,11H2. The number of hydrogen-bond acceptors (Lipinski definition) is 7. The Bertz CT molecular complexity index is 1550. The van der Waals surface area contributed by atoms with Crippen LogP contribution in [0, 0.1) is 0 Å². The summed E-state index contributed by atoms with van der Waals surface area (Å²) in [5.74, 6) is 2.05. The quantitative estimate of drug-likeness (QED) is 0.265. The molecule has 1 fully saturated rings. The van der Waals surface area contributed by atoms with E-state index in [1.807, 2.05) is 6.07 Å². The minimum absolute atomic E-state index is 0.178. The molecule has 1 aliphatic heterocycles. The minimum Gasteiger partial charge on any atom is -0.439 e. The van der Waals surface area contributed by atoms with Crippen molar-refractivity contribution in [2.24, 2.45) is 0 Å². The van der Waals surface area contributed by atoms with Gasteiger partial charge in [0.15, 0.2) is 5.82 Å². The first-order chi connectivity index (χ1) is 17.4. The van der Waals surface area contributed by atoms with E-state index in [1.54, 1.807) is 36.4 Å². The van der Waals surface area contributed by atoms with Crippen molar-refractivity contribution in [1.29, 1.82) is 0 Å². The van der Waals surface area contributed by atoms with Crippen LogP contribution in [-0.4, -0.2) is 30.1 Å². The lowest BCUT2D eigenvalue weighted by Gasteiger charge is -2.30. The Hall–Kier alpha value is -3.14. The molecule has 0 amide bonds. The minimum atomic E-state index is -3.78. The zero-order valence-electron chi connectivity index (χ0n) is 18.9. The lowest BCUT2D eigenvalue weighted by molar-refractivity contribution is 0.421. The molecule has 4 aromatic rings. The molecule has 1 saturated carbocycles. The average Bonchev–Trinajstić information content (AvgIpc) is 3.59. The lowest BCUT2D eigenvalue weighted by atomic mass is 10.0. The highest BCUT2D eigenvalue weighted by Crippen LogP contribution is 2.40. The van der Waals surface area contributed by atoms with Gasteiger partial charge in [0.1, 0.15) is 10.9 Å². The molecule has 6 rings (SSSR count). The van der Waals surface area contributed by atoms with Crippen LogP contribution in [0.3, 0.4) is 0 Å². The highest BCUT2D eigenvalue weighted by Gasteiger charge is 2.30. The van der Waals surface area contributed by atoms with Gasteiger partial charge < -0.3 is 9.26 Å². The normalized spacial score (nSPS) is 15.6. The molecule has 184 valence electrons. The molecule has 8 nitrogen and oxygen atoms in total. The number of pyridine rings is 1. The number of fused-ring (bicyclic) bond motifs is 1. The zero-order valence-corrected chi connectivity index (χ0v) is 21.2. The molecular formula is C25H20Cl2N4O4S. The van der Waals surface area contributed by atoms with Crippen LogP contribution in [0.1, 0.15) is 36.6 Å². The second kappa shape index (κ2) is 9.06. The van der Waals surface area contributed by atoms with Crippen LogP contribution in [-0.2, 0) is 16.4 Å². The van der Waals surface area contributed by atoms with Gasteiger partial charge in [-0.05, 0) is 67.6 Å². The highest BCUT2D eigenvalue weighted by atomic mass is 35.5. The number of halogens is 2. The number of benzene rings is 2. The van der Waals surface area contributed by atoms with Gasteiger partial charge in [-0.25, -0.2) is 13.4 Å². The van der Waals surface area contributed by atoms with Gasteiger partial charge >= 0.3 is 0 Å². The third-order valence-electron chi connectivity index (χ3n) is 6.16. The predicted octanol–water partition coefficient (Wildman–Crippen LogP) is 6.25.